The summed E-state index contributed by atoms with van der Waals surface area (Å²) in [5.74, 6) is 2.26. The number of ether oxygens (including phenoxy) is 1. The van der Waals surface area contributed by atoms with Crippen molar-refractivity contribution in [3.8, 4) is 5.88 Å². The van der Waals surface area contributed by atoms with Gasteiger partial charge in [0.25, 0.3) is 0 Å². The number of hydrogen-bond acceptors (Lipinski definition) is 6. The largest absolute Gasteiger partial charge is 0.474 e. The summed E-state index contributed by atoms with van der Waals surface area (Å²) >= 11 is 0. The Balaban J connectivity index is 1.44. The van der Waals surface area contributed by atoms with Crippen LogP contribution < -0.4 is 10.1 Å². The van der Waals surface area contributed by atoms with Crippen LogP contribution in [-0.4, -0.2) is 30.9 Å². The molecule has 1 fully saturated rings. The van der Waals surface area contributed by atoms with Crippen LogP contribution in [0, 0.1) is 6.92 Å². The average molecular weight is 360 g/mol. The van der Waals surface area contributed by atoms with Crippen molar-refractivity contribution >= 4 is 22.2 Å². The lowest BCUT2D eigenvalue weighted by atomic mass is 9.96. The van der Waals surface area contributed by atoms with Crippen LogP contribution in [0.5, 0.6) is 5.88 Å². The highest BCUT2D eigenvalue weighted by molar-refractivity contribution is 5.99. The maximum atomic E-state index is 5.90. The molecule has 1 aliphatic carbocycles. The van der Waals surface area contributed by atoms with Gasteiger partial charge in [-0.3, -0.25) is 0 Å². The average Bonchev–Trinajstić information content (AvgIpc) is 3.04. The predicted octanol–water partition coefficient (Wildman–Crippen LogP) is 3.52. The molecule has 0 atom stereocenters. The van der Waals surface area contributed by atoms with Crippen LogP contribution in [0.4, 0.5) is 5.82 Å². The first-order valence-corrected chi connectivity index (χ1v) is 9.24. The van der Waals surface area contributed by atoms with E-state index in [-0.39, 0.29) is 0 Å². The number of fused-ring (bicyclic) bond motifs is 3. The standard InChI is InChI=1S/C20H20N6O/c1-13-23-24-20-17-8-3-2-7-16(17)19(25-26(13)20)22-12-14-9-10-21-18(11-14)27-15-5-4-6-15/h2-3,7-11,15H,4-6,12H2,1H3,(H,22,25). The van der Waals surface area contributed by atoms with Crippen molar-refractivity contribution in [2.45, 2.75) is 38.8 Å². The second-order valence-electron chi connectivity index (χ2n) is 6.90. The molecule has 1 aliphatic rings. The summed E-state index contributed by atoms with van der Waals surface area (Å²) in [4.78, 5) is 4.33. The van der Waals surface area contributed by atoms with Gasteiger partial charge in [0.2, 0.25) is 5.88 Å². The number of anilines is 1. The second kappa shape index (κ2) is 6.50. The van der Waals surface area contributed by atoms with Crippen LogP contribution in [0.25, 0.3) is 16.4 Å². The van der Waals surface area contributed by atoms with Crippen molar-refractivity contribution in [3.05, 3.63) is 54.0 Å². The van der Waals surface area contributed by atoms with Crippen LogP contribution in [-0.2, 0) is 6.54 Å². The fraction of sp³-hybridized carbons (Fsp3) is 0.300. The Morgan fingerprint density at radius 1 is 1.15 bits per heavy atom. The smallest absolute Gasteiger partial charge is 0.213 e. The highest BCUT2D eigenvalue weighted by atomic mass is 16.5. The quantitative estimate of drug-likeness (QED) is 0.587. The maximum absolute atomic E-state index is 5.90. The van der Waals surface area contributed by atoms with E-state index in [9.17, 15) is 0 Å². The van der Waals surface area contributed by atoms with E-state index in [0.29, 0.717) is 18.5 Å². The Kier molecular flexibility index (Phi) is 3.85. The minimum Gasteiger partial charge on any atom is -0.474 e. The third-order valence-corrected chi connectivity index (χ3v) is 5.02. The Bertz CT molecular complexity index is 1120. The number of hydrogen-bond donors (Lipinski definition) is 1. The number of nitrogens with zero attached hydrogens (tertiary/aromatic N) is 5. The molecule has 3 aromatic heterocycles. The fourth-order valence-corrected chi connectivity index (χ4v) is 3.28. The highest BCUT2D eigenvalue weighted by Gasteiger charge is 2.19. The topological polar surface area (TPSA) is 77.2 Å². The van der Waals surface area contributed by atoms with Crippen LogP contribution >= 0.6 is 0 Å². The van der Waals surface area contributed by atoms with Gasteiger partial charge in [0.1, 0.15) is 6.10 Å². The number of benzene rings is 1. The molecule has 1 saturated carbocycles. The number of rotatable bonds is 5. The Labute approximate surface area is 156 Å². The first-order valence-electron chi connectivity index (χ1n) is 9.24. The number of nitrogens with one attached hydrogen (secondary N) is 1. The molecule has 7 heteroatoms. The van der Waals surface area contributed by atoms with Gasteiger partial charge in [-0.2, -0.15) is 4.52 Å². The highest BCUT2D eigenvalue weighted by Crippen LogP contribution is 2.26. The molecule has 0 radical (unpaired) electrons. The van der Waals surface area contributed by atoms with Gasteiger partial charge in [-0.05, 0) is 37.8 Å². The zero-order valence-corrected chi connectivity index (χ0v) is 15.1. The van der Waals surface area contributed by atoms with E-state index in [1.807, 2.05) is 43.3 Å². The van der Waals surface area contributed by atoms with Gasteiger partial charge in [-0.25, -0.2) is 4.98 Å². The van der Waals surface area contributed by atoms with Crippen molar-refractivity contribution in [1.82, 2.24) is 24.8 Å². The summed E-state index contributed by atoms with van der Waals surface area (Å²) in [7, 11) is 0. The van der Waals surface area contributed by atoms with Crippen LogP contribution in [0.3, 0.4) is 0 Å². The summed E-state index contributed by atoms with van der Waals surface area (Å²) in [6.07, 6.45) is 5.61. The van der Waals surface area contributed by atoms with Gasteiger partial charge in [-0.1, -0.05) is 24.3 Å². The molecule has 1 N–H and O–H groups in total. The van der Waals surface area contributed by atoms with Crippen molar-refractivity contribution in [2.24, 2.45) is 0 Å². The SMILES string of the molecule is Cc1nnc2c3ccccc3c(NCc3ccnc(OC4CCC4)c3)nn12. The van der Waals surface area contributed by atoms with Crippen LogP contribution in [0.1, 0.15) is 30.7 Å². The first-order chi connectivity index (χ1) is 13.3. The molecular formula is C20H20N6O. The van der Waals surface area contributed by atoms with Crippen LogP contribution in [0.2, 0.25) is 0 Å². The van der Waals surface area contributed by atoms with Crippen molar-refractivity contribution in [2.75, 3.05) is 5.32 Å². The third kappa shape index (κ3) is 2.95. The van der Waals surface area contributed by atoms with E-state index in [0.717, 1.165) is 46.5 Å². The van der Waals surface area contributed by atoms with Gasteiger partial charge in [-0.15, -0.1) is 15.3 Å². The monoisotopic (exact) mass is 360 g/mol. The lowest BCUT2D eigenvalue weighted by Crippen LogP contribution is -2.25. The van der Waals surface area contributed by atoms with Crippen LogP contribution in [0.15, 0.2) is 42.6 Å². The second-order valence-corrected chi connectivity index (χ2v) is 6.90. The lowest BCUT2D eigenvalue weighted by Gasteiger charge is -2.25. The fourth-order valence-electron chi connectivity index (χ4n) is 3.28. The molecule has 0 spiro atoms. The van der Waals surface area contributed by atoms with E-state index < -0.39 is 0 Å². The van der Waals surface area contributed by atoms with Crippen molar-refractivity contribution < 1.29 is 4.74 Å². The number of aromatic nitrogens is 5. The summed E-state index contributed by atoms with van der Waals surface area (Å²) in [5, 5.41) is 18.6. The van der Waals surface area contributed by atoms with Crippen molar-refractivity contribution in [3.63, 3.8) is 0 Å². The summed E-state index contributed by atoms with van der Waals surface area (Å²) in [6, 6.07) is 12.1. The molecule has 3 heterocycles. The molecule has 7 nitrogen and oxygen atoms in total. The molecule has 4 aromatic rings. The van der Waals surface area contributed by atoms with Gasteiger partial charge in [0.15, 0.2) is 17.3 Å². The molecule has 1 aromatic carbocycles. The van der Waals surface area contributed by atoms with Crippen molar-refractivity contribution in [1.29, 1.82) is 0 Å². The number of pyridine rings is 1. The molecule has 0 saturated heterocycles. The van der Waals surface area contributed by atoms with Gasteiger partial charge < -0.3 is 10.1 Å². The van der Waals surface area contributed by atoms with Gasteiger partial charge in [0.05, 0.1) is 0 Å². The normalized spacial score (nSPS) is 14.4. The van der Waals surface area contributed by atoms with Gasteiger partial charge >= 0.3 is 0 Å². The molecule has 5 rings (SSSR count). The maximum Gasteiger partial charge on any atom is 0.213 e. The zero-order valence-electron chi connectivity index (χ0n) is 15.1. The predicted molar refractivity (Wildman–Crippen MR) is 103 cm³/mol. The molecule has 27 heavy (non-hydrogen) atoms. The molecule has 0 aliphatic heterocycles. The lowest BCUT2D eigenvalue weighted by molar-refractivity contribution is 0.114. The summed E-state index contributed by atoms with van der Waals surface area (Å²) in [5.41, 5.74) is 1.87. The number of aryl methyl sites for hydroxylation is 1. The Morgan fingerprint density at radius 2 is 2.00 bits per heavy atom. The Hall–Kier alpha value is -3.22. The minimum absolute atomic E-state index is 0.324. The molecule has 0 bridgehead atoms. The molecule has 0 unspecified atom stereocenters. The van der Waals surface area contributed by atoms with E-state index in [1.54, 1.807) is 10.7 Å². The zero-order chi connectivity index (χ0) is 18.2. The molecule has 136 valence electrons. The summed E-state index contributed by atoms with van der Waals surface area (Å²) < 4.78 is 7.68. The van der Waals surface area contributed by atoms with E-state index in [4.69, 9.17) is 9.84 Å². The summed E-state index contributed by atoms with van der Waals surface area (Å²) in [6.45, 7) is 2.53. The minimum atomic E-state index is 0.324. The van der Waals surface area contributed by atoms with E-state index in [1.165, 1.54) is 6.42 Å². The third-order valence-electron chi connectivity index (χ3n) is 5.02. The Morgan fingerprint density at radius 3 is 2.81 bits per heavy atom. The van der Waals surface area contributed by atoms with E-state index >= 15 is 0 Å². The first kappa shape index (κ1) is 16.0. The van der Waals surface area contributed by atoms with E-state index in [2.05, 4.69) is 20.5 Å². The molecular weight excluding hydrogens is 340 g/mol. The van der Waals surface area contributed by atoms with Gasteiger partial charge in [0, 0.05) is 29.6 Å². The molecule has 0 amide bonds.